The highest BCUT2D eigenvalue weighted by atomic mass is 32.2. The predicted octanol–water partition coefficient (Wildman–Crippen LogP) is 2.13. The summed E-state index contributed by atoms with van der Waals surface area (Å²) in [5.74, 6) is -0.756. The lowest BCUT2D eigenvalue weighted by Crippen LogP contribution is -2.54. The summed E-state index contributed by atoms with van der Waals surface area (Å²) >= 11 is 0. The van der Waals surface area contributed by atoms with Crippen LogP contribution in [0.4, 0.5) is 0 Å². The van der Waals surface area contributed by atoms with Crippen molar-refractivity contribution in [2.45, 2.75) is 64.3 Å². The van der Waals surface area contributed by atoms with Crippen molar-refractivity contribution in [1.29, 1.82) is 0 Å². The van der Waals surface area contributed by atoms with Crippen LogP contribution < -0.4 is 4.72 Å². The van der Waals surface area contributed by atoms with E-state index in [1.165, 1.54) is 0 Å². The van der Waals surface area contributed by atoms with E-state index < -0.39 is 21.5 Å². The van der Waals surface area contributed by atoms with E-state index in [1.807, 2.05) is 13.8 Å². The molecule has 0 aromatic rings. The molecule has 1 rings (SSSR count). The molecular weight excluding hydrogens is 266 g/mol. The van der Waals surface area contributed by atoms with Gasteiger partial charge < -0.3 is 5.11 Å². The van der Waals surface area contributed by atoms with E-state index in [-0.39, 0.29) is 11.7 Å². The lowest BCUT2D eigenvalue weighted by molar-refractivity contribution is -0.144. The van der Waals surface area contributed by atoms with Gasteiger partial charge in [-0.1, -0.05) is 39.5 Å². The van der Waals surface area contributed by atoms with Gasteiger partial charge in [0.1, 0.15) is 5.54 Å². The molecule has 0 saturated heterocycles. The van der Waals surface area contributed by atoms with Crippen molar-refractivity contribution in [2.24, 2.45) is 5.92 Å². The molecule has 1 aliphatic carbocycles. The minimum atomic E-state index is -3.53. The Morgan fingerprint density at radius 2 is 1.74 bits per heavy atom. The van der Waals surface area contributed by atoms with Gasteiger partial charge in [-0.15, -0.1) is 0 Å². The minimum absolute atomic E-state index is 0.000301. The molecule has 0 radical (unpaired) electrons. The molecule has 2 N–H and O–H groups in total. The molecule has 0 bridgehead atoms. The second-order valence-corrected chi connectivity index (χ2v) is 7.75. The van der Waals surface area contributed by atoms with Gasteiger partial charge >= 0.3 is 5.97 Å². The molecule has 0 unspecified atom stereocenters. The highest BCUT2D eigenvalue weighted by Crippen LogP contribution is 2.28. The topological polar surface area (TPSA) is 83.5 Å². The third-order valence-corrected chi connectivity index (χ3v) is 5.16. The van der Waals surface area contributed by atoms with Crippen LogP contribution >= 0.6 is 0 Å². The van der Waals surface area contributed by atoms with E-state index >= 15 is 0 Å². The maximum atomic E-state index is 12.1. The SMILES string of the molecule is CC(C)CCS(=O)(=O)NC1(C(=O)O)CCCCCC1. The number of aliphatic carboxylic acids is 1. The molecule has 112 valence electrons. The van der Waals surface area contributed by atoms with E-state index in [4.69, 9.17) is 0 Å². The van der Waals surface area contributed by atoms with Crippen LogP contribution in [0.1, 0.15) is 58.8 Å². The first-order valence-electron chi connectivity index (χ1n) is 7.02. The summed E-state index contributed by atoms with van der Waals surface area (Å²) in [6, 6.07) is 0. The highest BCUT2D eigenvalue weighted by Gasteiger charge is 2.41. The second kappa shape index (κ2) is 6.70. The average Bonchev–Trinajstić information content (AvgIpc) is 2.53. The fourth-order valence-electron chi connectivity index (χ4n) is 2.43. The summed E-state index contributed by atoms with van der Waals surface area (Å²) in [6.45, 7) is 3.91. The highest BCUT2D eigenvalue weighted by molar-refractivity contribution is 7.89. The number of hydrogen-bond donors (Lipinski definition) is 2. The van der Waals surface area contributed by atoms with E-state index in [0.29, 0.717) is 19.3 Å². The Hall–Kier alpha value is -0.620. The molecule has 0 heterocycles. The van der Waals surface area contributed by atoms with E-state index in [9.17, 15) is 18.3 Å². The molecule has 1 saturated carbocycles. The van der Waals surface area contributed by atoms with Crippen LogP contribution in [-0.2, 0) is 14.8 Å². The Kier molecular flexibility index (Phi) is 5.80. The summed E-state index contributed by atoms with van der Waals surface area (Å²) in [5, 5.41) is 9.43. The lowest BCUT2D eigenvalue weighted by atomic mass is 9.92. The summed E-state index contributed by atoms with van der Waals surface area (Å²) in [4.78, 5) is 11.5. The van der Waals surface area contributed by atoms with E-state index in [0.717, 1.165) is 25.7 Å². The monoisotopic (exact) mass is 291 g/mol. The first-order valence-corrected chi connectivity index (χ1v) is 8.68. The van der Waals surface area contributed by atoms with Crippen molar-refractivity contribution in [1.82, 2.24) is 4.72 Å². The van der Waals surface area contributed by atoms with Gasteiger partial charge in [0, 0.05) is 0 Å². The minimum Gasteiger partial charge on any atom is -0.480 e. The molecule has 0 atom stereocenters. The van der Waals surface area contributed by atoms with Crippen LogP contribution in [-0.4, -0.2) is 30.8 Å². The van der Waals surface area contributed by atoms with Crippen LogP contribution in [0.3, 0.4) is 0 Å². The van der Waals surface area contributed by atoms with Gasteiger partial charge in [-0.3, -0.25) is 4.79 Å². The van der Waals surface area contributed by atoms with Gasteiger partial charge in [0.15, 0.2) is 0 Å². The Bertz CT molecular complexity index is 395. The van der Waals surface area contributed by atoms with Gasteiger partial charge in [0.2, 0.25) is 10.0 Å². The van der Waals surface area contributed by atoms with Crippen LogP contribution in [0.15, 0.2) is 0 Å². The quantitative estimate of drug-likeness (QED) is 0.734. The largest absolute Gasteiger partial charge is 0.480 e. The first-order chi connectivity index (χ1) is 8.77. The zero-order chi connectivity index (χ0) is 14.5. The van der Waals surface area contributed by atoms with Crippen molar-refractivity contribution in [3.63, 3.8) is 0 Å². The van der Waals surface area contributed by atoms with Crippen LogP contribution in [0.5, 0.6) is 0 Å². The van der Waals surface area contributed by atoms with Gasteiger partial charge in [0.25, 0.3) is 0 Å². The van der Waals surface area contributed by atoms with Gasteiger partial charge in [-0.2, -0.15) is 4.72 Å². The molecule has 0 spiro atoms. The van der Waals surface area contributed by atoms with Crippen molar-refractivity contribution < 1.29 is 18.3 Å². The van der Waals surface area contributed by atoms with Gasteiger partial charge in [-0.25, -0.2) is 8.42 Å². The molecule has 5 nitrogen and oxygen atoms in total. The summed E-state index contributed by atoms with van der Waals surface area (Å²) < 4.78 is 26.6. The number of sulfonamides is 1. The van der Waals surface area contributed by atoms with E-state index in [2.05, 4.69) is 4.72 Å². The first kappa shape index (κ1) is 16.4. The van der Waals surface area contributed by atoms with Crippen LogP contribution in [0, 0.1) is 5.92 Å². The normalized spacial score (nSPS) is 20.2. The number of carboxylic acids is 1. The Morgan fingerprint density at radius 3 is 2.16 bits per heavy atom. The molecule has 19 heavy (non-hydrogen) atoms. The maximum absolute atomic E-state index is 12.1. The average molecular weight is 291 g/mol. The molecular formula is C13H25NO4S. The summed E-state index contributed by atoms with van der Waals surface area (Å²) in [7, 11) is -3.53. The third kappa shape index (κ3) is 5.10. The number of nitrogens with one attached hydrogen (secondary N) is 1. The molecule has 1 aliphatic rings. The molecule has 1 fully saturated rings. The Labute approximate surface area is 115 Å². The van der Waals surface area contributed by atoms with Gasteiger partial charge in [-0.05, 0) is 25.2 Å². The van der Waals surface area contributed by atoms with E-state index in [1.54, 1.807) is 0 Å². The number of rotatable bonds is 6. The number of carboxylic acid groups (broad SMARTS) is 1. The number of hydrogen-bond acceptors (Lipinski definition) is 3. The Morgan fingerprint density at radius 1 is 1.21 bits per heavy atom. The van der Waals surface area contributed by atoms with Crippen LogP contribution in [0.25, 0.3) is 0 Å². The zero-order valence-corrected chi connectivity index (χ0v) is 12.6. The lowest BCUT2D eigenvalue weighted by Gasteiger charge is -2.29. The second-order valence-electron chi connectivity index (χ2n) is 5.90. The molecule has 0 aliphatic heterocycles. The molecule has 0 aromatic heterocycles. The molecule has 0 amide bonds. The molecule has 0 aromatic carbocycles. The summed E-state index contributed by atoms with van der Waals surface area (Å²) in [5.41, 5.74) is -1.29. The Balaban J connectivity index is 2.80. The van der Waals surface area contributed by atoms with Crippen molar-refractivity contribution >= 4 is 16.0 Å². The van der Waals surface area contributed by atoms with Crippen molar-refractivity contribution in [3.8, 4) is 0 Å². The standard InChI is InChI=1S/C13H25NO4S/c1-11(2)7-10-19(17,18)14-13(12(15)16)8-5-3-4-6-9-13/h11,14H,3-10H2,1-2H3,(H,15,16). The van der Waals surface area contributed by atoms with Crippen molar-refractivity contribution in [3.05, 3.63) is 0 Å². The van der Waals surface area contributed by atoms with Crippen molar-refractivity contribution in [2.75, 3.05) is 5.75 Å². The van der Waals surface area contributed by atoms with Crippen LogP contribution in [0.2, 0.25) is 0 Å². The smallest absolute Gasteiger partial charge is 0.324 e. The zero-order valence-electron chi connectivity index (χ0n) is 11.8. The predicted molar refractivity (Wildman–Crippen MR) is 74.4 cm³/mol. The molecule has 6 heteroatoms. The maximum Gasteiger partial charge on any atom is 0.324 e. The number of carbonyl (C=O) groups is 1. The summed E-state index contributed by atoms with van der Waals surface area (Å²) in [6.07, 6.45) is 4.81. The van der Waals surface area contributed by atoms with Gasteiger partial charge in [0.05, 0.1) is 5.75 Å². The fourth-order valence-corrected chi connectivity index (χ4v) is 4.20. The third-order valence-electron chi connectivity index (χ3n) is 3.68. The fraction of sp³-hybridized carbons (Fsp3) is 0.923.